The minimum Gasteiger partial charge on any atom is -0.454 e. The average molecular weight is 404 g/mol. The van der Waals surface area contributed by atoms with Crippen LogP contribution in [0.2, 0.25) is 0 Å². The van der Waals surface area contributed by atoms with Gasteiger partial charge in [-0.05, 0) is 69.0 Å². The number of hydrogen-bond acceptors (Lipinski definition) is 6. The zero-order chi connectivity index (χ0) is 21.3. The number of nitrogens with zero attached hydrogens (tertiary/aromatic N) is 2. The summed E-state index contributed by atoms with van der Waals surface area (Å²) in [6.07, 6.45) is 5.16. The van der Waals surface area contributed by atoms with Gasteiger partial charge >= 0.3 is 5.97 Å². The van der Waals surface area contributed by atoms with Crippen molar-refractivity contribution >= 4 is 11.7 Å². The third kappa shape index (κ3) is 3.99. The molecule has 30 heavy (non-hydrogen) atoms. The summed E-state index contributed by atoms with van der Waals surface area (Å²) in [5, 5.41) is 4.12. The van der Waals surface area contributed by atoms with Crippen molar-refractivity contribution in [3.05, 3.63) is 65.7 Å². The summed E-state index contributed by atoms with van der Waals surface area (Å²) in [4.78, 5) is 21.7. The molecule has 0 amide bonds. The maximum atomic E-state index is 12.6. The number of carbonyl (C=O) groups is 1. The molecular formula is C24H24N2O4. The van der Waals surface area contributed by atoms with Gasteiger partial charge in [0.05, 0.1) is 5.71 Å². The van der Waals surface area contributed by atoms with Crippen LogP contribution < -0.4 is 0 Å². The van der Waals surface area contributed by atoms with Crippen molar-refractivity contribution in [1.82, 2.24) is 4.98 Å². The molecule has 2 aromatic heterocycles. The number of furan rings is 1. The minimum absolute atomic E-state index is 0.175. The Hall–Kier alpha value is -3.41. The number of esters is 1. The fourth-order valence-electron chi connectivity index (χ4n) is 3.60. The summed E-state index contributed by atoms with van der Waals surface area (Å²) in [6, 6.07) is 11.6. The maximum absolute atomic E-state index is 12.6. The summed E-state index contributed by atoms with van der Waals surface area (Å²) in [5.74, 6) is 0.315. The molecular weight excluding hydrogens is 380 g/mol. The Morgan fingerprint density at radius 2 is 1.80 bits per heavy atom. The van der Waals surface area contributed by atoms with E-state index in [4.69, 9.17) is 14.0 Å². The summed E-state index contributed by atoms with van der Waals surface area (Å²) < 4.78 is 11.6. The van der Waals surface area contributed by atoms with Gasteiger partial charge in [-0.2, -0.15) is 0 Å². The monoisotopic (exact) mass is 404 g/mol. The van der Waals surface area contributed by atoms with Crippen LogP contribution in [0, 0.1) is 0 Å². The van der Waals surface area contributed by atoms with Crippen LogP contribution in [-0.2, 0) is 16.0 Å². The number of rotatable bonds is 4. The molecule has 3 aromatic rings. The first-order chi connectivity index (χ1) is 14.4. The van der Waals surface area contributed by atoms with Crippen molar-refractivity contribution in [2.45, 2.75) is 39.2 Å². The SMILES string of the molecule is CO/N=C1/CCc2cc(-c3oc(C(=O)OC(C)(C)C)cc3-c3ccncc3)ccc21. The summed E-state index contributed by atoms with van der Waals surface area (Å²) >= 11 is 0. The van der Waals surface area contributed by atoms with Gasteiger partial charge in [0.2, 0.25) is 5.76 Å². The lowest BCUT2D eigenvalue weighted by atomic mass is 9.99. The van der Waals surface area contributed by atoms with Crippen LogP contribution in [0.25, 0.3) is 22.5 Å². The summed E-state index contributed by atoms with van der Waals surface area (Å²) in [7, 11) is 1.56. The molecule has 4 rings (SSSR count). The number of fused-ring (bicyclic) bond motifs is 1. The van der Waals surface area contributed by atoms with Crippen molar-refractivity contribution in [2.75, 3.05) is 7.11 Å². The molecule has 6 nitrogen and oxygen atoms in total. The van der Waals surface area contributed by atoms with Crippen molar-refractivity contribution in [3.63, 3.8) is 0 Å². The quantitative estimate of drug-likeness (QED) is 0.438. The second kappa shape index (κ2) is 7.78. The first kappa shape index (κ1) is 19.9. The van der Waals surface area contributed by atoms with Crippen LogP contribution >= 0.6 is 0 Å². The lowest BCUT2D eigenvalue weighted by Gasteiger charge is -2.18. The van der Waals surface area contributed by atoms with Gasteiger partial charge in [0.1, 0.15) is 18.5 Å². The van der Waals surface area contributed by atoms with Crippen LogP contribution in [0.3, 0.4) is 0 Å². The van der Waals surface area contributed by atoms with E-state index in [9.17, 15) is 4.79 Å². The van der Waals surface area contributed by atoms with Gasteiger partial charge in [0, 0.05) is 29.1 Å². The van der Waals surface area contributed by atoms with Crippen molar-refractivity contribution in [2.24, 2.45) is 5.16 Å². The van der Waals surface area contributed by atoms with Gasteiger partial charge in [-0.3, -0.25) is 4.98 Å². The molecule has 0 saturated heterocycles. The molecule has 154 valence electrons. The molecule has 0 spiro atoms. The van der Waals surface area contributed by atoms with Gasteiger partial charge in [-0.15, -0.1) is 0 Å². The third-order valence-electron chi connectivity index (χ3n) is 4.83. The molecule has 0 saturated carbocycles. The Bertz CT molecular complexity index is 1110. The highest BCUT2D eigenvalue weighted by Gasteiger charge is 2.25. The molecule has 0 unspecified atom stereocenters. The predicted molar refractivity (Wildman–Crippen MR) is 114 cm³/mol. The van der Waals surface area contributed by atoms with Gasteiger partial charge in [0.15, 0.2) is 0 Å². The lowest BCUT2D eigenvalue weighted by molar-refractivity contribution is 0.00368. The van der Waals surface area contributed by atoms with Gasteiger partial charge < -0.3 is 14.0 Å². The van der Waals surface area contributed by atoms with Crippen LogP contribution in [0.4, 0.5) is 0 Å². The number of hydrogen-bond donors (Lipinski definition) is 0. The van der Waals surface area contributed by atoms with E-state index in [1.165, 1.54) is 5.56 Å². The molecule has 1 aliphatic rings. The number of carbonyl (C=O) groups excluding carboxylic acids is 1. The number of aryl methyl sites for hydroxylation is 1. The first-order valence-corrected chi connectivity index (χ1v) is 9.87. The Kier molecular flexibility index (Phi) is 5.16. The highest BCUT2D eigenvalue weighted by Crippen LogP contribution is 2.37. The molecule has 0 fully saturated rings. The maximum Gasteiger partial charge on any atom is 0.374 e. The molecule has 6 heteroatoms. The Balaban J connectivity index is 1.79. The van der Waals surface area contributed by atoms with Crippen molar-refractivity contribution < 1.29 is 18.8 Å². The van der Waals surface area contributed by atoms with Crippen LogP contribution in [0.1, 0.15) is 48.9 Å². The molecule has 0 aliphatic heterocycles. The topological polar surface area (TPSA) is 73.9 Å². The van der Waals surface area contributed by atoms with E-state index < -0.39 is 11.6 Å². The Morgan fingerprint density at radius 3 is 2.50 bits per heavy atom. The highest BCUT2D eigenvalue weighted by molar-refractivity contribution is 6.04. The van der Waals surface area contributed by atoms with E-state index in [0.717, 1.165) is 40.8 Å². The third-order valence-corrected chi connectivity index (χ3v) is 4.83. The zero-order valence-corrected chi connectivity index (χ0v) is 17.6. The van der Waals surface area contributed by atoms with Crippen LogP contribution in [-0.4, -0.2) is 29.4 Å². The standard InChI is InChI=1S/C24H24N2O4/c1-24(2,3)30-23(27)21-14-19(15-9-11-25-12-10-15)22(29-21)17-5-7-18-16(13-17)6-8-20(18)26-28-4/h5,7,9-14H,6,8H2,1-4H3/b26-20-. The molecule has 0 atom stereocenters. The van der Waals surface area contributed by atoms with E-state index in [0.29, 0.717) is 5.76 Å². The first-order valence-electron chi connectivity index (χ1n) is 9.87. The molecule has 2 heterocycles. The molecule has 0 radical (unpaired) electrons. The predicted octanol–water partition coefficient (Wildman–Crippen LogP) is 5.26. The van der Waals surface area contributed by atoms with Gasteiger partial charge in [-0.25, -0.2) is 4.79 Å². The Morgan fingerprint density at radius 1 is 1.03 bits per heavy atom. The van der Waals surface area contributed by atoms with Crippen LogP contribution in [0.15, 0.2) is 58.4 Å². The van der Waals surface area contributed by atoms with Gasteiger partial charge in [-0.1, -0.05) is 17.3 Å². The van der Waals surface area contributed by atoms with Gasteiger partial charge in [0.25, 0.3) is 0 Å². The molecule has 0 N–H and O–H groups in total. The summed E-state index contributed by atoms with van der Waals surface area (Å²) in [5.41, 5.74) is 5.24. The Labute approximate surface area is 175 Å². The van der Waals surface area contributed by atoms with E-state index in [-0.39, 0.29) is 5.76 Å². The average Bonchev–Trinajstić information content (AvgIpc) is 3.32. The fraction of sp³-hybridized carbons (Fsp3) is 0.292. The number of ether oxygens (including phenoxy) is 1. The minimum atomic E-state index is -0.606. The molecule has 1 aliphatic carbocycles. The van der Waals surface area contributed by atoms with E-state index >= 15 is 0 Å². The summed E-state index contributed by atoms with van der Waals surface area (Å²) in [6.45, 7) is 5.49. The molecule has 1 aromatic carbocycles. The van der Waals surface area contributed by atoms with E-state index in [1.807, 2.05) is 45.0 Å². The second-order valence-corrected chi connectivity index (χ2v) is 8.18. The lowest BCUT2D eigenvalue weighted by Crippen LogP contribution is -2.23. The number of aromatic nitrogens is 1. The zero-order valence-electron chi connectivity index (χ0n) is 17.6. The number of oxime groups is 1. The van der Waals surface area contributed by atoms with Crippen LogP contribution in [0.5, 0.6) is 0 Å². The smallest absolute Gasteiger partial charge is 0.374 e. The number of pyridine rings is 1. The van der Waals surface area contributed by atoms with E-state index in [1.54, 1.807) is 25.6 Å². The van der Waals surface area contributed by atoms with E-state index in [2.05, 4.69) is 16.2 Å². The highest BCUT2D eigenvalue weighted by atomic mass is 16.6. The second-order valence-electron chi connectivity index (χ2n) is 8.18. The largest absolute Gasteiger partial charge is 0.454 e. The molecule has 0 bridgehead atoms. The van der Waals surface area contributed by atoms with Crippen molar-refractivity contribution in [3.8, 4) is 22.5 Å². The normalized spacial score (nSPS) is 14.6. The fourth-order valence-corrected chi connectivity index (χ4v) is 3.60. The van der Waals surface area contributed by atoms with Crippen molar-refractivity contribution in [1.29, 1.82) is 0 Å². The number of benzene rings is 1.